The summed E-state index contributed by atoms with van der Waals surface area (Å²) in [5.74, 6) is -3.09. The molecule has 1 aromatic heterocycles. The molecular formula is C5H4BrF2NO2S. The number of thiazole rings is 1. The van der Waals surface area contributed by atoms with Gasteiger partial charge < -0.3 is 10.2 Å². The van der Waals surface area contributed by atoms with Crippen molar-refractivity contribution >= 4 is 27.3 Å². The van der Waals surface area contributed by atoms with Crippen LogP contribution in [0.1, 0.15) is 4.88 Å². The Bertz CT molecular complexity index is 278. The fraction of sp³-hybridized carbons (Fsp3) is 0.400. The maximum Gasteiger partial charge on any atom is 0.296 e. The van der Waals surface area contributed by atoms with Crippen LogP contribution >= 0.6 is 27.3 Å². The molecule has 0 unspecified atom stereocenters. The molecule has 1 rings (SSSR count). The predicted molar refractivity (Wildman–Crippen MR) is 41.9 cm³/mol. The third kappa shape index (κ3) is 1.79. The summed E-state index contributed by atoms with van der Waals surface area (Å²) < 4.78 is 24.3. The minimum atomic E-state index is -3.25. The van der Waals surface area contributed by atoms with Crippen molar-refractivity contribution < 1.29 is 19.0 Å². The Labute approximate surface area is 78.8 Å². The number of alkyl halides is 2. The van der Waals surface area contributed by atoms with Crippen molar-refractivity contribution in [3.63, 3.8) is 0 Å². The summed E-state index contributed by atoms with van der Waals surface area (Å²) >= 11 is 3.66. The van der Waals surface area contributed by atoms with Gasteiger partial charge in [-0.1, -0.05) is 0 Å². The summed E-state index contributed by atoms with van der Waals surface area (Å²) in [5.41, 5.74) is 0. The molecule has 0 spiro atoms. The quantitative estimate of drug-likeness (QED) is 0.788. The second kappa shape index (κ2) is 3.33. The number of hydrogen-bond acceptors (Lipinski definition) is 4. The molecule has 1 heterocycles. The molecule has 12 heavy (non-hydrogen) atoms. The van der Waals surface area contributed by atoms with E-state index in [0.29, 0.717) is 3.92 Å². The van der Waals surface area contributed by atoms with Gasteiger partial charge in [0, 0.05) is 6.20 Å². The van der Waals surface area contributed by atoms with E-state index in [1.54, 1.807) is 0 Å². The summed E-state index contributed by atoms with van der Waals surface area (Å²) in [6.45, 7) is 0. The molecule has 0 fully saturated rings. The van der Waals surface area contributed by atoms with E-state index in [9.17, 15) is 8.78 Å². The Balaban J connectivity index is 2.97. The molecular weight excluding hydrogens is 256 g/mol. The van der Waals surface area contributed by atoms with Crippen molar-refractivity contribution in [1.29, 1.82) is 0 Å². The number of aliphatic hydroxyl groups is 2. The molecule has 2 N–H and O–H groups in total. The van der Waals surface area contributed by atoms with Crippen LogP contribution < -0.4 is 0 Å². The van der Waals surface area contributed by atoms with Crippen LogP contribution in [0, 0.1) is 0 Å². The molecule has 0 saturated heterocycles. The molecule has 0 amide bonds. The van der Waals surface area contributed by atoms with Gasteiger partial charge in [-0.25, -0.2) is 13.8 Å². The number of rotatable bonds is 2. The van der Waals surface area contributed by atoms with E-state index >= 15 is 0 Å². The normalized spacial score (nSPS) is 12.5. The van der Waals surface area contributed by atoms with Crippen LogP contribution in [0.5, 0.6) is 0 Å². The lowest BCUT2D eigenvalue weighted by Crippen LogP contribution is -2.32. The van der Waals surface area contributed by atoms with Gasteiger partial charge in [0.25, 0.3) is 12.2 Å². The summed E-state index contributed by atoms with van der Waals surface area (Å²) in [7, 11) is 0. The smallest absolute Gasteiger partial charge is 0.296 e. The van der Waals surface area contributed by atoms with Crippen molar-refractivity contribution in [2.24, 2.45) is 0 Å². The molecule has 3 nitrogen and oxygen atoms in total. The van der Waals surface area contributed by atoms with Crippen LogP contribution in [0.2, 0.25) is 0 Å². The number of nitrogens with zero attached hydrogens (tertiary/aromatic N) is 1. The zero-order valence-electron chi connectivity index (χ0n) is 5.54. The Morgan fingerprint density at radius 2 is 2.17 bits per heavy atom. The highest BCUT2D eigenvalue weighted by molar-refractivity contribution is 9.11. The van der Waals surface area contributed by atoms with Gasteiger partial charge in [-0.15, -0.1) is 11.3 Å². The summed E-state index contributed by atoms with van der Waals surface area (Å²) in [6, 6.07) is 0. The number of hydrogen-bond donors (Lipinski definition) is 2. The third-order valence-electron chi connectivity index (χ3n) is 1.14. The standard InChI is InChI=1S/C5H4BrF2NO2S/c6-4-9-1-2(12-4)5(10,11)3(7)8/h1,3,10-11H. The minimum absolute atomic E-state index is 0.288. The molecule has 68 valence electrons. The molecule has 0 bridgehead atoms. The van der Waals surface area contributed by atoms with Crippen molar-refractivity contribution in [2.45, 2.75) is 12.2 Å². The second-order valence-corrected chi connectivity index (χ2v) is 4.31. The summed E-state index contributed by atoms with van der Waals surface area (Å²) in [6.07, 6.45) is -2.26. The van der Waals surface area contributed by atoms with E-state index in [2.05, 4.69) is 20.9 Å². The molecule has 1 aromatic rings. The van der Waals surface area contributed by atoms with Crippen molar-refractivity contribution in [3.8, 4) is 0 Å². The van der Waals surface area contributed by atoms with E-state index in [1.165, 1.54) is 0 Å². The van der Waals surface area contributed by atoms with Crippen molar-refractivity contribution in [3.05, 3.63) is 15.0 Å². The average molecular weight is 260 g/mol. The van der Waals surface area contributed by atoms with Gasteiger partial charge in [0.1, 0.15) is 0 Å². The first-order valence-electron chi connectivity index (χ1n) is 2.79. The molecule has 0 atom stereocenters. The Hall–Kier alpha value is -0.110. The van der Waals surface area contributed by atoms with Crippen molar-refractivity contribution in [1.82, 2.24) is 4.98 Å². The summed E-state index contributed by atoms with van der Waals surface area (Å²) in [4.78, 5) is 3.26. The first-order chi connectivity index (χ1) is 5.44. The highest BCUT2D eigenvalue weighted by Crippen LogP contribution is 2.31. The fourth-order valence-electron chi connectivity index (χ4n) is 0.530. The molecule has 0 aliphatic carbocycles. The lowest BCUT2D eigenvalue weighted by atomic mass is 10.2. The Morgan fingerprint density at radius 3 is 2.50 bits per heavy atom. The fourth-order valence-corrected chi connectivity index (χ4v) is 1.79. The van der Waals surface area contributed by atoms with E-state index in [-0.39, 0.29) is 4.88 Å². The van der Waals surface area contributed by atoms with Crippen molar-refractivity contribution in [2.75, 3.05) is 0 Å². The molecule has 0 radical (unpaired) electrons. The second-order valence-electron chi connectivity index (χ2n) is 2.00. The van der Waals surface area contributed by atoms with Crippen LogP contribution in [-0.4, -0.2) is 21.6 Å². The van der Waals surface area contributed by atoms with Crippen LogP contribution in [0.4, 0.5) is 8.78 Å². The average Bonchev–Trinajstić information content (AvgIpc) is 2.35. The van der Waals surface area contributed by atoms with Gasteiger partial charge in [-0.05, 0) is 15.9 Å². The van der Waals surface area contributed by atoms with E-state index in [0.717, 1.165) is 17.5 Å². The SMILES string of the molecule is OC(O)(c1cnc(Br)s1)C(F)F. The monoisotopic (exact) mass is 259 g/mol. The Morgan fingerprint density at radius 1 is 1.58 bits per heavy atom. The predicted octanol–water partition coefficient (Wildman–Crippen LogP) is 1.31. The maximum absolute atomic E-state index is 12.0. The minimum Gasteiger partial charge on any atom is -0.357 e. The van der Waals surface area contributed by atoms with Gasteiger partial charge in [0.15, 0.2) is 3.92 Å². The van der Waals surface area contributed by atoms with Gasteiger partial charge >= 0.3 is 0 Å². The molecule has 7 heteroatoms. The Kier molecular flexibility index (Phi) is 2.77. The lowest BCUT2D eigenvalue weighted by Gasteiger charge is -2.17. The number of aromatic nitrogens is 1. The topological polar surface area (TPSA) is 53.4 Å². The third-order valence-corrected chi connectivity index (χ3v) is 2.73. The van der Waals surface area contributed by atoms with E-state index < -0.39 is 12.2 Å². The lowest BCUT2D eigenvalue weighted by molar-refractivity contribution is -0.246. The first-order valence-corrected chi connectivity index (χ1v) is 4.40. The zero-order chi connectivity index (χ0) is 9.35. The van der Waals surface area contributed by atoms with Crippen LogP contribution in [0.15, 0.2) is 10.1 Å². The van der Waals surface area contributed by atoms with Gasteiger partial charge in [0.05, 0.1) is 4.88 Å². The van der Waals surface area contributed by atoms with Gasteiger partial charge in [-0.3, -0.25) is 0 Å². The molecule has 0 aromatic carbocycles. The van der Waals surface area contributed by atoms with Crippen LogP contribution in [-0.2, 0) is 5.79 Å². The van der Waals surface area contributed by atoms with Gasteiger partial charge in [-0.2, -0.15) is 0 Å². The highest BCUT2D eigenvalue weighted by Gasteiger charge is 2.39. The van der Waals surface area contributed by atoms with Crippen LogP contribution in [0.3, 0.4) is 0 Å². The number of halogens is 3. The molecule has 0 saturated carbocycles. The largest absolute Gasteiger partial charge is 0.357 e. The van der Waals surface area contributed by atoms with E-state index in [4.69, 9.17) is 10.2 Å². The molecule has 0 aliphatic heterocycles. The highest BCUT2D eigenvalue weighted by atomic mass is 79.9. The van der Waals surface area contributed by atoms with Gasteiger partial charge in [0.2, 0.25) is 0 Å². The van der Waals surface area contributed by atoms with Crippen LogP contribution in [0.25, 0.3) is 0 Å². The summed E-state index contributed by atoms with van der Waals surface area (Å²) in [5, 5.41) is 17.7. The first kappa shape index (κ1) is 9.97. The van der Waals surface area contributed by atoms with E-state index in [1.807, 2.05) is 0 Å². The molecule has 0 aliphatic rings. The zero-order valence-corrected chi connectivity index (χ0v) is 7.94. The maximum atomic E-state index is 12.0.